The number of hydrogen-bond donors (Lipinski definition) is 0. The SMILES string of the molecule is COC(=O)c1nscc1C=CCn1cccc1C(=O)c1ccc(C)cc1. The Morgan fingerprint density at radius 1 is 1.23 bits per heavy atom. The molecular formula is C20H18N2O3S. The molecule has 3 rings (SSSR count). The number of ketones is 1. The molecular weight excluding hydrogens is 348 g/mol. The minimum Gasteiger partial charge on any atom is -0.464 e. The molecule has 1 aromatic carbocycles. The molecule has 132 valence electrons. The van der Waals surface area contributed by atoms with Gasteiger partial charge in [0, 0.05) is 29.2 Å². The first-order valence-corrected chi connectivity index (χ1v) is 8.89. The molecule has 5 nitrogen and oxygen atoms in total. The number of carbonyl (C=O) groups excluding carboxylic acids is 2. The van der Waals surface area contributed by atoms with Crippen molar-refractivity contribution < 1.29 is 14.3 Å². The van der Waals surface area contributed by atoms with Gasteiger partial charge in [-0.05, 0) is 30.6 Å². The van der Waals surface area contributed by atoms with Crippen LogP contribution in [0.5, 0.6) is 0 Å². The Morgan fingerprint density at radius 2 is 2.00 bits per heavy atom. The van der Waals surface area contributed by atoms with Gasteiger partial charge in [-0.15, -0.1) is 0 Å². The van der Waals surface area contributed by atoms with Crippen molar-refractivity contribution in [2.45, 2.75) is 13.5 Å². The number of methoxy groups -OCH3 is 1. The Kier molecular flexibility index (Phi) is 5.43. The lowest BCUT2D eigenvalue weighted by molar-refractivity contribution is 0.0595. The Morgan fingerprint density at radius 3 is 2.73 bits per heavy atom. The van der Waals surface area contributed by atoms with Crippen molar-refractivity contribution in [2.24, 2.45) is 0 Å². The van der Waals surface area contributed by atoms with E-state index in [2.05, 4.69) is 4.37 Å². The molecule has 0 aliphatic carbocycles. The average Bonchev–Trinajstić information content (AvgIpc) is 3.30. The molecule has 0 aliphatic rings. The number of hydrogen-bond acceptors (Lipinski definition) is 5. The third kappa shape index (κ3) is 3.81. The highest BCUT2D eigenvalue weighted by atomic mass is 32.1. The molecule has 26 heavy (non-hydrogen) atoms. The first-order chi connectivity index (χ1) is 12.6. The summed E-state index contributed by atoms with van der Waals surface area (Å²) < 4.78 is 10.6. The predicted octanol–water partition coefficient (Wildman–Crippen LogP) is 3.98. The minimum atomic E-state index is -0.456. The smallest absolute Gasteiger partial charge is 0.358 e. The summed E-state index contributed by atoms with van der Waals surface area (Å²) in [6.45, 7) is 2.50. The summed E-state index contributed by atoms with van der Waals surface area (Å²) in [6, 6.07) is 11.2. The van der Waals surface area contributed by atoms with E-state index in [1.165, 1.54) is 18.6 Å². The van der Waals surface area contributed by atoms with Crippen LogP contribution in [0.3, 0.4) is 0 Å². The number of aromatic nitrogens is 2. The highest BCUT2D eigenvalue weighted by Gasteiger charge is 2.14. The van der Waals surface area contributed by atoms with Crippen molar-refractivity contribution in [3.05, 3.63) is 82.1 Å². The van der Waals surface area contributed by atoms with E-state index in [1.807, 2.05) is 66.2 Å². The summed E-state index contributed by atoms with van der Waals surface area (Å²) in [6.07, 6.45) is 5.57. The van der Waals surface area contributed by atoms with Crippen molar-refractivity contribution in [1.29, 1.82) is 0 Å². The fourth-order valence-corrected chi connectivity index (χ4v) is 3.18. The number of ether oxygens (including phenoxy) is 1. The van der Waals surface area contributed by atoms with Crippen molar-refractivity contribution in [3.8, 4) is 0 Å². The van der Waals surface area contributed by atoms with E-state index >= 15 is 0 Å². The number of nitrogens with zero attached hydrogens (tertiary/aromatic N) is 2. The molecule has 0 saturated carbocycles. The number of allylic oxidation sites excluding steroid dienone is 1. The summed E-state index contributed by atoms with van der Waals surface area (Å²) in [5.41, 5.74) is 3.41. The third-order valence-corrected chi connectivity index (χ3v) is 4.60. The summed E-state index contributed by atoms with van der Waals surface area (Å²) in [5, 5.41) is 1.79. The second kappa shape index (κ2) is 7.93. The van der Waals surface area contributed by atoms with Crippen LogP contribution in [0.4, 0.5) is 0 Å². The van der Waals surface area contributed by atoms with Gasteiger partial charge in [0.05, 0.1) is 12.8 Å². The van der Waals surface area contributed by atoms with Crippen LogP contribution < -0.4 is 0 Å². The normalized spacial score (nSPS) is 11.0. The van der Waals surface area contributed by atoms with E-state index < -0.39 is 5.97 Å². The molecule has 0 atom stereocenters. The fourth-order valence-electron chi connectivity index (χ4n) is 2.54. The lowest BCUT2D eigenvalue weighted by atomic mass is 10.1. The molecule has 0 radical (unpaired) electrons. The third-order valence-electron chi connectivity index (χ3n) is 3.95. The van der Waals surface area contributed by atoms with E-state index in [4.69, 9.17) is 4.74 Å². The summed E-state index contributed by atoms with van der Waals surface area (Å²) in [5.74, 6) is -0.474. The van der Waals surface area contributed by atoms with E-state index in [0.717, 1.165) is 5.56 Å². The summed E-state index contributed by atoms with van der Waals surface area (Å²) in [7, 11) is 1.33. The van der Waals surface area contributed by atoms with Crippen molar-refractivity contribution in [2.75, 3.05) is 7.11 Å². The summed E-state index contributed by atoms with van der Waals surface area (Å²) >= 11 is 1.20. The van der Waals surface area contributed by atoms with Crippen LogP contribution in [0, 0.1) is 6.92 Å². The standard InChI is InChI=1S/C20H18N2O3S/c1-14-7-9-15(10-8-14)19(23)17-6-4-12-22(17)11-3-5-16-13-26-21-18(16)20(24)25-2/h3-10,12-13H,11H2,1-2H3. The highest BCUT2D eigenvalue weighted by molar-refractivity contribution is 7.04. The van der Waals surface area contributed by atoms with E-state index in [0.29, 0.717) is 29.1 Å². The van der Waals surface area contributed by atoms with Gasteiger partial charge >= 0.3 is 5.97 Å². The Balaban J connectivity index is 1.75. The van der Waals surface area contributed by atoms with Crippen molar-refractivity contribution in [3.63, 3.8) is 0 Å². The molecule has 2 aromatic heterocycles. The number of aryl methyl sites for hydroxylation is 1. The Bertz CT molecular complexity index is 952. The number of rotatable bonds is 6. The van der Waals surface area contributed by atoms with E-state index in [9.17, 15) is 9.59 Å². The number of benzene rings is 1. The molecule has 2 heterocycles. The van der Waals surface area contributed by atoms with Gasteiger partial charge in [0.25, 0.3) is 0 Å². The number of esters is 1. The quantitative estimate of drug-likeness (QED) is 0.489. The lowest BCUT2D eigenvalue weighted by Crippen LogP contribution is -2.09. The second-order valence-electron chi connectivity index (χ2n) is 5.75. The Hall–Kier alpha value is -2.99. The first kappa shape index (κ1) is 17.8. The maximum Gasteiger partial charge on any atom is 0.358 e. The van der Waals surface area contributed by atoms with Crippen LogP contribution in [0.1, 0.15) is 37.7 Å². The maximum absolute atomic E-state index is 12.7. The molecule has 0 bridgehead atoms. The molecule has 0 aliphatic heterocycles. The zero-order chi connectivity index (χ0) is 18.5. The molecule has 3 aromatic rings. The highest BCUT2D eigenvalue weighted by Crippen LogP contribution is 2.15. The Labute approximate surface area is 155 Å². The van der Waals surface area contributed by atoms with Crippen LogP contribution in [0.25, 0.3) is 6.08 Å². The maximum atomic E-state index is 12.7. The van der Waals surface area contributed by atoms with Crippen LogP contribution in [0.2, 0.25) is 0 Å². The van der Waals surface area contributed by atoms with Gasteiger partial charge in [-0.1, -0.05) is 42.0 Å². The van der Waals surface area contributed by atoms with Crippen LogP contribution in [-0.4, -0.2) is 27.8 Å². The van der Waals surface area contributed by atoms with Gasteiger partial charge in [0.2, 0.25) is 5.78 Å². The fraction of sp³-hybridized carbons (Fsp3) is 0.150. The van der Waals surface area contributed by atoms with E-state index in [-0.39, 0.29) is 5.78 Å². The van der Waals surface area contributed by atoms with Gasteiger partial charge in [-0.25, -0.2) is 4.79 Å². The zero-order valence-electron chi connectivity index (χ0n) is 14.5. The average molecular weight is 366 g/mol. The largest absolute Gasteiger partial charge is 0.464 e. The van der Waals surface area contributed by atoms with Gasteiger partial charge < -0.3 is 9.30 Å². The van der Waals surface area contributed by atoms with Crippen LogP contribution >= 0.6 is 11.5 Å². The monoisotopic (exact) mass is 366 g/mol. The second-order valence-corrected chi connectivity index (χ2v) is 6.38. The first-order valence-electron chi connectivity index (χ1n) is 8.06. The van der Waals surface area contributed by atoms with Gasteiger partial charge in [-0.3, -0.25) is 4.79 Å². The van der Waals surface area contributed by atoms with Crippen LogP contribution in [-0.2, 0) is 11.3 Å². The molecule has 0 amide bonds. The molecule has 0 saturated heterocycles. The van der Waals surface area contributed by atoms with Crippen LogP contribution in [0.15, 0.2) is 54.1 Å². The van der Waals surface area contributed by atoms with Crippen molar-refractivity contribution in [1.82, 2.24) is 8.94 Å². The van der Waals surface area contributed by atoms with Gasteiger partial charge in [-0.2, -0.15) is 4.37 Å². The van der Waals surface area contributed by atoms with Crippen molar-refractivity contribution >= 4 is 29.4 Å². The molecule has 0 spiro atoms. The minimum absolute atomic E-state index is 0.0177. The molecule has 0 unspecified atom stereocenters. The van der Waals surface area contributed by atoms with Gasteiger partial charge in [0.15, 0.2) is 5.69 Å². The van der Waals surface area contributed by atoms with E-state index in [1.54, 1.807) is 5.38 Å². The predicted molar refractivity (Wildman–Crippen MR) is 102 cm³/mol. The molecule has 6 heteroatoms. The topological polar surface area (TPSA) is 61.2 Å². The summed E-state index contributed by atoms with van der Waals surface area (Å²) in [4.78, 5) is 24.3. The van der Waals surface area contributed by atoms with Gasteiger partial charge in [0.1, 0.15) is 0 Å². The lowest BCUT2D eigenvalue weighted by Gasteiger charge is -2.06. The molecule has 0 N–H and O–H groups in total. The molecule has 0 fully saturated rings. The zero-order valence-corrected chi connectivity index (χ0v) is 15.3. The number of carbonyl (C=O) groups is 2.